The second-order valence-corrected chi connectivity index (χ2v) is 6.58. The number of hydrogen-bond donors (Lipinski definition) is 0. The molecule has 3 aromatic rings. The Labute approximate surface area is 118 Å². The molecule has 0 atom stereocenters. The van der Waals surface area contributed by atoms with Crippen LogP contribution in [0.4, 0.5) is 0 Å². The highest BCUT2D eigenvalue weighted by atomic mass is 32.2. The first kappa shape index (κ1) is 13.1. The average Bonchev–Trinajstić information content (AvgIpc) is 3.00. The fourth-order valence-electron chi connectivity index (χ4n) is 1.60. The molecule has 20 heavy (non-hydrogen) atoms. The number of aromatic nitrogens is 5. The molecule has 0 aliphatic rings. The number of nitrogens with zero attached hydrogens (tertiary/aromatic N) is 5. The van der Waals surface area contributed by atoms with Gasteiger partial charge in [0.1, 0.15) is 11.3 Å². The van der Waals surface area contributed by atoms with Crippen LogP contribution in [0.2, 0.25) is 0 Å². The summed E-state index contributed by atoms with van der Waals surface area (Å²) in [5, 5.41) is 12.8. The fourth-order valence-corrected chi connectivity index (χ4v) is 3.07. The molecule has 0 radical (unpaired) electrons. The van der Waals surface area contributed by atoms with E-state index in [0.717, 1.165) is 17.7 Å². The van der Waals surface area contributed by atoms with Crippen molar-refractivity contribution >= 4 is 26.4 Å². The van der Waals surface area contributed by atoms with Crippen LogP contribution in [0, 0.1) is 0 Å². The molecule has 0 amide bonds. The number of hydrogen-bond acceptors (Lipinski definition) is 7. The summed E-state index contributed by atoms with van der Waals surface area (Å²) in [6, 6.07) is 3.58. The predicted molar refractivity (Wildman–Crippen MR) is 70.2 cm³/mol. The summed E-state index contributed by atoms with van der Waals surface area (Å²) in [6.45, 7) is 0. The third kappa shape index (κ3) is 2.53. The summed E-state index contributed by atoms with van der Waals surface area (Å²) in [7, 11) is -2.39. The van der Waals surface area contributed by atoms with E-state index in [2.05, 4.69) is 19.5 Å². The molecule has 3 rings (SSSR count). The SMILES string of the molecule is COS(=O)(=O)C[n+]1ccc(-c2nn3cnnc3s2)cc1. The second-order valence-electron chi connectivity index (χ2n) is 3.92. The van der Waals surface area contributed by atoms with E-state index in [1.165, 1.54) is 22.2 Å². The molecule has 3 aromatic heterocycles. The molecule has 0 aliphatic heterocycles. The summed E-state index contributed by atoms with van der Waals surface area (Å²) < 4.78 is 30.2. The Bertz CT molecular complexity index is 809. The first-order valence-electron chi connectivity index (χ1n) is 5.52. The lowest BCUT2D eigenvalue weighted by atomic mass is 10.3. The quantitative estimate of drug-likeness (QED) is 0.500. The first-order valence-corrected chi connectivity index (χ1v) is 7.91. The van der Waals surface area contributed by atoms with E-state index in [9.17, 15) is 8.42 Å². The largest absolute Gasteiger partial charge is 0.329 e. The molecule has 0 saturated heterocycles. The predicted octanol–water partition coefficient (Wildman–Crippen LogP) is 0.0740. The van der Waals surface area contributed by atoms with Gasteiger partial charge >= 0.3 is 10.1 Å². The van der Waals surface area contributed by atoms with E-state index in [4.69, 9.17) is 0 Å². The Morgan fingerprint density at radius 3 is 2.80 bits per heavy atom. The third-order valence-corrected chi connectivity index (χ3v) is 4.67. The van der Waals surface area contributed by atoms with Gasteiger partial charge in [-0.15, -0.1) is 10.2 Å². The van der Waals surface area contributed by atoms with Gasteiger partial charge in [0.05, 0.1) is 7.11 Å². The Morgan fingerprint density at radius 2 is 2.15 bits per heavy atom. The maximum absolute atomic E-state index is 11.3. The number of fused-ring (bicyclic) bond motifs is 1. The van der Waals surface area contributed by atoms with Crippen molar-refractivity contribution in [2.45, 2.75) is 5.88 Å². The van der Waals surface area contributed by atoms with Crippen LogP contribution < -0.4 is 4.57 Å². The monoisotopic (exact) mass is 312 g/mol. The average molecular weight is 312 g/mol. The lowest BCUT2D eigenvalue weighted by Gasteiger charge is -1.98. The van der Waals surface area contributed by atoms with Gasteiger partial charge in [0.25, 0.3) is 5.88 Å². The van der Waals surface area contributed by atoms with E-state index in [0.29, 0.717) is 4.96 Å². The van der Waals surface area contributed by atoms with Crippen molar-refractivity contribution in [3.05, 3.63) is 30.9 Å². The molecule has 104 valence electrons. The van der Waals surface area contributed by atoms with E-state index >= 15 is 0 Å². The Hall–Kier alpha value is -1.91. The zero-order valence-corrected chi connectivity index (χ0v) is 12.0. The molecule has 0 spiro atoms. The van der Waals surface area contributed by atoms with Gasteiger partial charge < -0.3 is 0 Å². The molecule has 0 N–H and O–H groups in total. The van der Waals surface area contributed by atoms with Crippen molar-refractivity contribution in [2.24, 2.45) is 0 Å². The minimum absolute atomic E-state index is 0.227. The van der Waals surface area contributed by atoms with Crippen LogP contribution >= 0.6 is 11.3 Å². The van der Waals surface area contributed by atoms with Crippen LogP contribution in [0.25, 0.3) is 15.5 Å². The number of pyridine rings is 1. The minimum atomic E-state index is -3.53. The minimum Gasteiger partial charge on any atom is -0.269 e. The van der Waals surface area contributed by atoms with Gasteiger partial charge in [0, 0.05) is 17.7 Å². The molecular weight excluding hydrogens is 302 g/mol. The van der Waals surface area contributed by atoms with Crippen molar-refractivity contribution in [3.63, 3.8) is 0 Å². The smallest absolute Gasteiger partial charge is 0.269 e. The van der Waals surface area contributed by atoms with E-state index < -0.39 is 10.1 Å². The van der Waals surface area contributed by atoms with Gasteiger partial charge in [-0.1, -0.05) is 11.3 Å². The molecule has 0 aromatic carbocycles. The number of rotatable bonds is 4. The second kappa shape index (κ2) is 4.89. The van der Waals surface area contributed by atoms with Crippen molar-refractivity contribution in [2.75, 3.05) is 7.11 Å². The fraction of sp³-hybridized carbons (Fsp3) is 0.200. The Morgan fingerprint density at radius 1 is 1.40 bits per heavy atom. The maximum Gasteiger partial charge on any atom is 0.329 e. The van der Waals surface area contributed by atoms with Crippen LogP contribution in [0.1, 0.15) is 0 Å². The lowest BCUT2D eigenvalue weighted by Crippen LogP contribution is -2.37. The van der Waals surface area contributed by atoms with Crippen LogP contribution in [-0.2, 0) is 20.2 Å². The molecule has 8 nitrogen and oxygen atoms in total. The zero-order valence-electron chi connectivity index (χ0n) is 10.4. The summed E-state index contributed by atoms with van der Waals surface area (Å²) >= 11 is 1.41. The first-order chi connectivity index (χ1) is 9.57. The summed E-state index contributed by atoms with van der Waals surface area (Å²) in [4.78, 5) is 0.707. The van der Waals surface area contributed by atoms with E-state index in [1.807, 2.05) is 0 Å². The summed E-state index contributed by atoms with van der Waals surface area (Å²) in [5.41, 5.74) is 0.881. The van der Waals surface area contributed by atoms with Crippen LogP contribution in [0.3, 0.4) is 0 Å². The molecule has 0 bridgehead atoms. The summed E-state index contributed by atoms with van der Waals surface area (Å²) in [6.07, 6.45) is 4.85. The van der Waals surface area contributed by atoms with Gasteiger partial charge in [0.2, 0.25) is 4.96 Å². The van der Waals surface area contributed by atoms with Gasteiger partial charge in [-0.2, -0.15) is 22.6 Å². The highest BCUT2D eigenvalue weighted by Gasteiger charge is 2.16. The van der Waals surface area contributed by atoms with Crippen molar-refractivity contribution in [3.8, 4) is 10.6 Å². The van der Waals surface area contributed by atoms with Crippen LogP contribution in [0.15, 0.2) is 30.9 Å². The van der Waals surface area contributed by atoms with Crippen molar-refractivity contribution < 1.29 is 17.2 Å². The van der Waals surface area contributed by atoms with Gasteiger partial charge in [0.15, 0.2) is 12.4 Å². The van der Waals surface area contributed by atoms with Crippen LogP contribution in [-0.4, -0.2) is 35.3 Å². The van der Waals surface area contributed by atoms with E-state index in [-0.39, 0.29) is 5.88 Å². The molecule has 0 saturated carbocycles. The molecule has 0 aliphatic carbocycles. The third-order valence-electron chi connectivity index (χ3n) is 2.59. The van der Waals surface area contributed by atoms with Gasteiger partial charge in [-0.25, -0.2) is 0 Å². The zero-order chi connectivity index (χ0) is 14.2. The Balaban J connectivity index is 1.87. The van der Waals surface area contributed by atoms with E-state index in [1.54, 1.807) is 29.0 Å². The molecule has 10 heteroatoms. The molecule has 0 fully saturated rings. The maximum atomic E-state index is 11.3. The van der Waals surface area contributed by atoms with Gasteiger partial charge in [-0.3, -0.25) is 4.18 Å². The standard InChI is InChI=1S/C10H10N5O3S2/c1-18-20(16,17)7-14-4-2-8(3-5-14)9-13-15-6-11-12-10(15)19-9/h2-6H,7H2,1H3/q+1. The molecular formula is C10H10N5O3S2+. The van der Waals surface area contributed by atoms with Crippen LogP contribution in [0.5, 0.6) is 0 Å². The molecule has 0 unspecified atom stereocenters. The molecule has 3 heterocycles. The van der Waals surface area contributed by atoms with Crippen molar-refractivity contribution in [1.29, 1.82) is 0 Å². The normalized spacial score (nSPS) is 12.1. The lowest BCUT2D eigenvalue weighted by molar-refractivity contribution is -0.678. The van der Waals surface area contributed by atoms with Crippen molar-refractivity contribution in [1.82, 2.24) is 19.8 Å². The highest BCUT2D eigenvalue weighted by Crippen LogP contribution is 2.23. The highest BCUT2D eigenvalue weighted by molar-refractivity contribution is 7.85. The Kier molecular flexibility index (Phi) is 3.20. The topological polar surface area (TPSA) is 90.3 Å². The van der Waals surface area contributed by atoms with Gasteiger partial charge in [-0.05, 0) is 0 Å². The summed E-state index contributed by atoms with van der Waals surface area (Å²) in [5.74, 6) is -0.227.